The summed E-state index contributed by atoms with van der Waals surface area (Å²) in [6.45, 7) is 6.92. The lowest BCUT2D eigenvalue weighted by molar-refractivity contribution is 0.0342. The Balaban J connectivity index is 2.26. The highest BCUT2D eigenvalue weighted by Crippen LogP contribution is 2.27. The van der Waals surface area contributed by atoms with Gasteiger partial charge in [-0.15, -0.1) is 0 Å². The number of nitrogens with two attached hydrogens (primary N) is 2. The van der Waals surface area contributed by atoms with E-state index in [4.69, 9.17) is 16.2 Å². The number of amides is 1. The molecule has 1 aromatic carbocycles. The fourth-order valence-electron chi connectivity index (χ4n) is 2.46. The third kappa shape index (κ3) is 4.09. The summed E-state index contributed by atoms with van der Waals surface area (Å²) in [5.74, 6) is -0.452. The fraction of sp³-hybridized carbons (Fsp3) is 0.533. The SMILES string of the molecule is CCCNc1c(N)cc(C(N)=O)cc1CN1CCOCC1. The minimum Gasteiger partial charge on any atom is -0.397 e. The second kappa shape index (κ2) is 7.28. The van der Waals surface area contributed by atoms with Crippen LogP contribution in [0.2, 0.25) is 0 Å². The van der Waals surface area contributed by atoms with Crippen molar-refractivity contribution < 1.29 is 9.53 Å². The Morgan fingerprint density at radius 1 is 1.38 bits per heavy atom. The van der Waals surface area contributed by atoms with Crippen LogP contribution in [-0.4, -0.2) is 43.7 Å². The first-order valence-electron chi connectivity index (χ1n) is 7.38. The summed E-state index contributed by atoms with van der Waals surface area (Å²) in [5, 5.41) is 3.35. The molecule has 21 heavy (non-hydrogen) atoms. The highest BCUT2D eigenvalue weighted by Gasteiger charge is 2.16. The molecule has 6 heteroatoms. The van der Waals surface area contributed by atoms with Crippen molar-refractivity contribution in [1.82, 2.24) is 4.90 Å². The number of hydrogen-bond acceptors (Lipinski definition) is 5. The van der Waals surface area contributed by atoms with Crippen molar-refractivity contribution in [2.75, 3.05) is 43.9 Å². The van der Waals surface area contributed by atoms with E-state index in [1.165, 1.54) is 0 Å². The predicted octanol–water partition coefficient (Wildman–Crippen LogP) is 1.02. The summed E-state index contributed by atoms with van der Waals surface area (Å²) in [7, 11) is 0. The van der Waals surface area contributed by atoms with Gasteiger partial charge < -0.3 is 21.5 Å². The number of rotatable bonds is 6. The van der Waals surface area contributed by atoms with E-state index in [0.717, 1.165) is 57.1 Å². The minimum absolute atomic E-state index is 0.452. The number of benzene rings is 1. The number of nitrogen functional groups attached to an aromatic ring is 1. The van der Waals surface area contributed by atoms with Crippen LogP contribution in [0.25, 0.3) is 0 Å². The van der Waals surface area contributed by atoms with Gasteiger partial charge in [0.25, 0.3) is 0 Å². The van der Waals surface area contributed by atoms with Crippen molar-refractivity contribution in [2.24, 2.45) is 5.73 Å². The Labute approximate surface area is 125 Å². The third-order valence-corrected chi connectivity index (χ3v) is 3.58. The van der Waals surface area contributed by atoms with E-state index >= 15 is 0 Å². The number of nitrogens with one attached hydrogen (secondary N) is 1. The monoisotopic (exact) mass is 292 g/mol. The Morgan fingerprint density at radius 2 is 2.10 bits per heavy atom. The van der Waals surface area contributed by atoms with Crippen LogP contribution in [0.4, 0.5) is 11.4 Å². The summed E-state index contributed by atoms with van der Waals surface area (Å²) < 4.78 is 5.36. The van der Waals surface area contributed by atoms with Crippen molar-refractivity contribution >= 4 is 17.3 Å². The maximum absolute atomic E-state index is 11.4. The first-order chi connectivity index (χ1) is 10.1. The molecule has 0 aliphatic carbocycles. The summed E-state index contributed by atoms with van der Waals surface area (Å²) in [6, 6.07) is 3.48. The first kappa shape index (κ1) is 15.6. The third-order valence-electron chi connectivity index (χ3n) is 3.58. The van der Waals surface area contributed by atoms with Crippen LogP contribution in [0.5, 0.6) is 0 Å². The molecular weight excluding hydrogens is 268 g/mol. The maximum atomic E-state index is 11.4. The quantitative estimate of drug-likeness (QED) is 0.681. The lowest BCUT2D eigenvalue weighted by Gasteiger charge is -2.28. The van der Waals surface area contributed by atoms with Crippen LogP contribution in [0, 0.1) is 0 Å². The number of primary amides is 1. The van der Waals surface area contributed by atoms with Gasteiger partial charge in [-0.25, -0.2) is 0 Å². The molecule has 1 aromatic rings. The molecule has 0 spiro atoms. The van der Waals surface area contributed by atoms with Crippen molar-refractivity contribution in [1.29, 1.82) is 0 Å². The standard InChI is InChI=1S/C15H24N4O2/c1-2-3-18-14-12(10-19-4-6-21-7-5-19)8-11(15(17)20)9-13(14)16/h8-9,18H,2-7,10,16H2,1H3,(H2,17,20). The molecule has 0 radical (unpaired) electrons. The second-order valence-electron chi connectivity index (χ2n) is 5.28. The highest BCUT2D eigenvalue weighted by atomic mass is 16.5. The zero-order valence-electron chi connectivity index (χ0n) is 12.5. The summed E-state index contributed by atoms with van der Waals surface area (Å²) in [6.07, 6.45) is 1.01. The van der Waals surface area contributed by atoms with Crippen molar-refractivity contribution in [3.8, 4) is 0 Å². The molecule has 1 aliphatic rings. The van der Waals surface area contributed by atoms with Crippen LogP contribution in [0.1, 0.15) is 29.3 Å². The molecule has 1 amide bonds. The average molecular weight is 292 g/mol. The Morgan fingerprint density at radius 3 is 2.71 bits per heavy atom. The number of carbonyl (C=O) groups excluding carboxylic acids is 1. The van der Waals surface area contributed by atoms with Crippen molar-refractivity contribution in [3.05, 3.63) is 23.3 Å². The van der Waals surface area contributed by atoms with Gasteiger partial charge in [-0.3, -0.25) is 9.69 Å². The molecule has 0 saturated carbocycles. The molecular formula is C15H24N4O2. The normalized spacial score (nSPS) is 15.9. The van der Waals surface area contributed by atoms with E-state index in [-0.39, 0.29) is 0 Å². The zero-order valence-corrected chi connectivity index (χ0v) is 12.5. The van der Waals surface area contributed by atoms with Gasteiger partial charge in [0.1, 0.15) is 0 Å². The van der Waals surface area contributed by atoms with E-state index in [9.17, 15) is 4.79 Å². The summed E-state index contributed by atoms with van der Waals surface area (Å²) in [4.78, 5) is 13.7. The molecule has 1 aliphatic heterocycles. The van der Waals surface area contributed by atoms with Crippen LogP contribution in [0.15, 0.2) is 12.1 Å². The van der Waals surface area contributed by atoms with Crippen molar-refractivity contribution in [2.45, 2.75) is 19.9 Å². The van der Waals surface area contributed by atoms with E-state index < -0.39 is 5.91 Å². The lowest BCUT2D eigenvalue weighted by atomic mass is 10.0. The highest BCUT2D eigenvalue weighted by molar-refractivity contribution is 5.95. The van der Waals surface area contributed by atoms with E-state index in [2.05, 4.69) is 17.1 Å². The van der Waals surface area contributed by atoms with Gasteiger partial charge in [-0.2, -0.15) is 0 Å². The summed E-state index contributed by atoms with van der Waals surface area (Å²) >= 11 is 0. The minimum atomic E-state index is -0.452. The molecule has 1 saturated heterocycles. The lowest BCUT2D eigenvalue weighted by Crippen LogP contribution is -2.36. The van der Waals surface area contributed by atoms with Gasteiger partial charge in [0.15, 0.2) is 0 Å². The Bertz CT molecular complexity index is 499. The van der Waals surface area contributed by atoms with Gasteiger partial charge in [0.2, 0.25) is 5.91 Å². The van der Waals surface area contributed by atoms with Gasteiger partial charge in [0, 0.05) is 31.7 Å². The van der Waals surface area contributed by atoms with E-state index in [0.29, 0.717) is 11.3 Å². The van der Waals surface area contributed by atoms with Crippen LogP contribution in [-0.2, 0) is 11.3 Å². The first-order valence-corrected chi connectivity index (χ1v) is 7.38. The topological polar surface area (TPSA) is 93.6 Å². The van der Waals surface area contributed by atoms with Gasteiger partial charge in [-0.05, 0) is 24.1 Å². The molecule has 0 aromatic heterocycles. The zero-order chi connectivity index (χ0) is 15.2. The number of morpholine rings is 1. The molecule has 6 nitrogen and oxygen atoms in total. The Hall–Kier alpha value is -1.79. The second-order valence-corrected chi connectivity index (χ2v) is 5.28. The number of nitrogens with zero attached hydrogens (tertiary/aromatic N) is 1. The largest absolute Gasteiger partial charge is 0.397 e. The van der Waals surface area contributed by atoms with Crippen LogP contribution >= 0.6 is 0 Å². The van der Waals surface area contributed by atoms with Crippen LogP contribution < -0.4 is 16.8 Å². The number of hydrogen-bond donors (Lipinski definition) is 3. The van der Waals surface area contributed by atoms with Gasteiger partial charge >= 0.3 is 0 Å². The molecule has 0 atom stereocenters. The van der Waals surface area contributed by atoms with Crippen molar-refractivity contribution in [3.63, 3.8) is 0 Å². The molecule has 5 N–H and O–H groups in total. The molecule has 116 valence electrons. The van der Waals surface area contributed by atoms with E-state index in [1.54, 1.807) is 6.07 Å². The fourth-order valence-corrected chi connectivity index (χ4v) is 2.46. The smallest absolute Gasteiger partial charge is 0.248 e. The van der Waals surface area contributed by atoms with Gasteiger partial charge in [-0.1, -0.05) is 6.92 Å². The summed E-state index contributed by atoms with van der Waals surface area (Å²) in [5.41, 5.74) is 14.4. The predicted molar refractivity (Wildman–Crippen MR) is 84.2 cm³/mol. The Kier molecular flexibility index (Phi) is 5.41. The molecule has 1 heterocycles. The number of carbonyl (C=O) groups is 1. The number of ether oxygens (including phenoxy) is 1. The molecule has 0 bridgehead atoms. The van der Waals surface area contributed by atoms with Crippen LogP contribution in [0.3, 0.4) is 0 Å². The molecule has 2 rings (SSSR count). The van der Waals surface area contributed by atoms with E-state index in [1.807, 2.05) is 6.07 Å². The molecule has 1 fully saturated rings. The average Bonchev–Trinajstić information content (AvgIpc) is 2.47. The maximum Gasteiger partial charge on any atom is 0.248 e. The molecule has 0 unspecified atom stereocenters. The van der Waals surface area contributed by atoms with Gasteiger partial charge in [0.05, 0.1) is 24.6 Å². The number of anilines is 2.